The lowest BCUT2D eigenvalue weighted by atomic mass is 9.83. The van der Waals surface area contributed by atoms with Crippen LogP contribution in [0, 0.1) is 0 Å². The topological polar surface area (TPSA) is 6.48 Å². The molecular formula is C37H40N2. The average molecular weight is 513 g/mol. The highest BCUT2D eigenvalue weighted by molar-refractivity contribution is 6.20. The summed E-state index contributed by atoms with van der Waals surface area (Å²) in [5.74, 6) is 0. The summed E-state index contributed by atoms with van der Waals surface area (Å²) in [5, 5.41) is 5.59. The first-order valence-corrected chi connectivity index (χ1v) is 15.2. The molecule has 2 aliphatic heterocycles. The fourth-order valence-corrected chi connectivity index (χ4v) is 7.11. The summed E-state index contributed by atoms with van der Waals surface area (Å²) < 4.78 is 0. The van der Waals surface area contributed by atoms with Crippen molar-refractivity contribution < 1.29 is 0 Å². The Morgan fingerprint density at radius 1 is 0.513 bits per heavy atom. The average Bonchev–Trinajstić information content (AvgIpc) is 3.01. The Hall–Kier alpha value is -3.52. The lowest BCUT2D eigenvalue weighted by molar-refractivity contribution is 0.578. The second-order valence-electron chi connectivity index (χ2n) is 11.9. The van der Waals surface area contributed by atoms with Gasteiger partial charge in [-0.05, 0) is 126 Å². The van der Waals surface area contributed by atoms with Crippen molar-refractivity contribution in [2.45, 2.75) is 58.3 Å². The maximum Gasteiger partial charge on any atom is 0.0372 e. The molecule has 0 atom stereocenters. The SMILES string of the molecule is CC1=CC=C(c2c3cc(N4CCCCC4)ccc3c(-c3ccccc3)c3cc(N4CCCCC4)ccc23)CC1. The van der Waals surface area contributed by atoms with E-state index in [2.05, 4.69) is 95.6 Å². The Labute approximate surface area is 233 Å². The third-order valence-corrected chi connectivity index (χ3v) is 9.27. The van der Waals surface area contributed by atoms with E-state index in [0.29, 0.717) is 0 Å². The monoisotopic (exact) mass is 512 g/mol. The van der Waals surface area contributed by atoms with E-state index in [9.17, 15) is 0 Å². The van der Waals surface area contributed by atoms with Gasteiger partial charge >= 0.3 is 0 Å². The van der Waals surface area contributed by atoms with Crippen molar-refractivity contribution in [1.82, 2.24) is 0 Å². The van der Waals surface area contributed by atoms with Gasteiger partial charge in [0.25, 0.3) is 0 Å². The predicted molar refractivity (Wildman–Crippen MR) is 170 cm³/mol. The molecule has 0 saturated carbocycles. The number of benzene rings is 4. The van der Waals surface area contributed by atoms with Gasteiger partial charge in [0.2, 0.25) is 0 Å². The molecule has 2 nitrogen and oxygen atoms in total. The summed E-state index contributed by atoms with van der Waals surface area (Å²) in [4.78, 5) is 5.21. The molecule has 0 spiro atoms. The molecule has 198 valence electrons. The van der Waals surface area contributed by atoms with E-state index in [1.807, 2.05) is 0 Å². The van der Waals surface area contributed by atoms with Gasteiger partial charge in [0.15, 0.2) is 0 Å². The summed E-state index contributed by atoms with van der Waals surface area (Å²) >= 11 is 0. The zero-order valence-corrected chi connectivity index (χ0v) is 23.4. The number of nitrogens with zero attached hydrogens (tertiary/aromatic N) is 2. The van der Waals surface area contributed by atoms with Crippen molar-refractivity contribution in [3.8, 4) is 11.1 Å². The second-order valence-corrected chi connectivity index (χ2v) is 11.9. The summed E-state index contributed by atoms with van der Waals surface area (Å²) in [6.07, 6.45) is 14.9. The van der Waals surface area contributed by atoms with Crippen LogP contribution < -0.4 is 9.80 Å². The van der Waals surface area contributed by atoms with Crippen LogP contribution in [-0.2, 0) is 0 Å². The number of anilines is 2. The van der Waals surface area contributed by atoms with Crippen LogP contribution in [0.15, 0.2) is 84.5 Å². The molecule has 0 N–H and O–H groups in total. The molecule has 2 heterocycles. The minimum absolute atomic E-state index is 1.11. The smallest absolute Gasteiger partial charge is 0.0372 e. The summed E-state index contributed by atoms with van der Waals surface area (Å²) in [5.41, 5.74) is 9.88. The van der Waals surface area contributed by atoms with Gasteiger partial charge in [-0.2, -0.15) is 0 Å². The van der Waals surface area contributed by atoms with Crippen LogP contribution in [0.5, 0.6) is 0 Å². The van der Waals surface area contributed by atoms with Gasteiger partial charge < -0.3 is 9.80 Å². The van der Waals surface area contributed by atoms with Gasteiger partial charge in [0, 0.05) is 37.6 Å². The molecule has 7 rings (SSSR count). The first-order valence-electron chi connectivity index (χ1n) is 15.2. The van der Waals surface area contributed by atoms with Crippen LogP contribution in [0.4, 0.5) is 11.4 Å². The number of fused-ring (bicyclic) bond motifs is 2. The zero-order valence-electron chi connectivity index (χ0n) is 23.4. The van der Waals surface area contributed by atoms with Gasteiger partial charge in [-0.3, -0.25) is 0 Å². The lowest BCUT2D eigenvalue weighted by Gasteiger charge is -2.31. The Morgan fingerprint density at radius 2 is 1.08 bits per heavy atom. The standard InChI is InChI=1S/C37H40N2/c1-27-13-15-29(16-14-27)37-33-20-18-30(38-21-7-3-8-22-38)25-34(33)36(28-11-5-2-6-12-28)32-19-17-31(26-35(32)37)39-23-9-4-10-24-39/h2,5-6,11-13,15,17-20,25-26H,3-4,7-10,14,16,21-24H2,1H3. The van der Waals surface area contributed by atoms with Crippen LogP contribution in [0.25, 0.3) is 38.2 Å². The van der Waals surface area contributed by atoms with E-state index in [-0.39, 0.29) is 0 Å². The Bertz CT molecular complexity index is 1560. The van der Waals surface area contributed by atoms with Crippen LogP contribution in [-0.4, -0.2) is 26.2 Å². The zero-order chi connectivity index (χ0) is 26.2. The molecule has 0 unspecified atom stereocenters. The minimum Gasteiger partial charge on any atom is -0.372 e. The number of piperidine rings is 2. The van der Waals surface area contributed by atoms with Crippen LogP contribution in [0.3, 0.4) is 0 Å². The molecule has 39 heavy (non-hydrogen) atoms. The molecule has 3 aliphatic rings. The highest BCUT2D eigenvalue weighted by Crippen LogP contribution is 2.46. The molecule has 0 radical (unpaired) electrons. The van der Waals surface area contributed by atoms with Crippen molar-refractivity contribution >= 4 is 38.5 Å². The molecule has 2 fully saturated rings. The van der Waals surface area contributed by atoms with E-state index in [1.165, 1.54) is 125 Å². The first-order chi connectivity index (χ1) is 19.3. The third-order valence-electron chi connectivity index (χ3n) is 9.27. The van der Waals surface area contributed by atoms with Crippen LogP contribution in [0.1, 0.15) is 63.9 Å². The molecule has 0 aromatic heterocycles. The summed E-state index contributed by atoms with van der Waals surface area (Å²) in [7, 11) is 0. The molecule has 0 amide bonds. The molecule has 4 aromatic carbocycles. The molecular weight excluding hydrogens is 472 g/mol. The molecule has 0 bridgehead atoms. The number of allylic oxidation sites excluding steroid dienone is 4. The van der Waals surface area contributed by atoms with Gasteiger partial charge in [0.1, 0.15) is 0 Å². The van der Waals surface area contributed by atoms with Crippen molar-refractivity contribution in [2.75, 3.05) is 36.0 Å². The maximum absolute atomic E-state index is 2.61. The van der Waals surface area contributed by atoms with Crippen molar-refractivity contribution in [1.29, 1.82) is 0 Å². The highest BCUT2D eigenvalue weighted by atomic mass is 15.1. The van der Waals surface area contributed by atoms with Gasteiger partial charge in [-0.1, -0.05) is 60.2 Å². The third kappa shape index (κ3) is 4.65. The van der Waals surface area contributed by atoms with E-state index in [1.54, 1.807) is 0 Å². The van der Waals surface area contributed by atoms with Crippen molar-refractivity contribution in [3.63, 3.8) is 0 Å². The Kier molecular flexibility index (Phi) is 6.64. The van der Waals surface area contributed by atoms with Gasteiger partial charge in [0.05, 0.1) is 0 Å². The number of rotatable bonds is 4. The van der Waals surface area contributed by atoms with Gasteiger partial charge in [-0.15, -0.1) is 0 Å². The van der Waals surface area contributed by atoms with Crippen LogP contribution in [0.2, 0.25) is 0 Å². The predicted octanol–water partition coefficient (Wildman–Crippen LogP) is 9.76. The van der Waals surface area contributed by atoms with E-state index < -0.39 is 0 Å². The Balaban J connectivity index is 1.54. The summed E-state index contributed by atoms with van der Waals surface area (Å²) in [6, 6.07) is 25.8. The fourth-order valence-electron chi connectivity index (χ4n) is 7.11. The quantitative estimate of drug-likeness (QED) is 0.251. The summed E-state index contributed by atoms with van der Waals surface area (Å²) in [6.45, 7) is 6.94. The van der Waals surface area contributed by atoms with E-state index in [4.69, 9.17) is 0 Å². The largest absolute Gasteiger partial charge is 0.372 e. The van der Waals surface area contributed by atoms with E-state index in [0.717, 1.165) is 12.8 Å². The normalized spacial score (nSPS) is 18.4. The molecule has 1 aliphatic carbocycles. The highest BCUT2D eigenvalue weighted by Gasteiger charge is 2.22. The van der Waals surface area contributed by atoms with Crippen LogP contribution >= 0.6 is 0 Å². The minimum atomic E-state index is 1.11. The fraction of sp³-hybridized carbons (Fsp3) is 0.351. The second kappa shape index (κ2) is 10.6. The molecule has 4 aromatic rings. The van der Waals surface area contributed by atoms with Gasteiger partial charge in [-0.25, -0.2) is 0 Å². The first kappa shape index (κ1) is 24.5. The molecule has 2 heteroatoms. The maximum atomic E-state index is 2.61. The van der Waals surface area contributed by atoms with Crippen molar-refractivity contribution in [2.24, 2.45) is 0 Å². The Morgan fingerprint density at radius 3 is 1.64 bits per heavy atom. The van der Waals surface area contributed by atoms with E-state index >= 15 is 0 Å². The number of hydrogen-bond acceptors (Lipinski definition) is 2. The number of hydrogen-bond donors (Lipinski definition) is 0. The lowest BCUT2D eigenvalue weighted by Crippen LogP contribution is -2.29. The van der Waals surface area contributed by atoms with Crippen molar-refractivity contribution in [3.05, 3.63) is 90.0 Å². The molecule has 2 saturated heterocycles.